The molecule has 0 saturated heterocycles. The highest BCUT2D eigenvalue weighted by Gasteiger charge is 2.15. The van der Waals surface area contributed by atoms with E-state index in [0.717, 1.165) is 11.0 Å². The molecule has 0 saturated carbocycles. The Morgan fingerprint density at radius 1 is 1.68 bits per heavy atom. The summed E-state index contributed by atoms with van der Waals surface area (Å²) in [6.07, 6.45) is 1.65. The van der Waals surface area contributed by atoms with Crippen LogP contribution in [0.3, 0.4) is 0 Å². The van der Waals surface area contributed by atoms with E-state index in [1.54, 1.807) is 12.1 Å². The van der Waals surface area contributed by atoms with E-state index in [4.69, 9.17) is 11.6 Å². The van der Waals surface area contributed by atoms with Crippen LogP contribution in [0.15, 0.2) is 36.0 Å². The Morgan fingerprint density at radius 3 is 3.21 bits per heavy atom. The van der Waals surface area contributed by atoms with E-state index in [1.165, 1.54) is 11.8 Å². The van der Waals surface area contributed by atoms with Gasteiger partial charge in [-0.1, -0.05) is 29.4 Å². The highest BCUT2D eigenvalue weighted by atomic mass is 35.5. The summed E-state index contributed by atoms with van der Waals surface area (Å²) in [7, 11) is 0. The van der Waals surface area contributed by atoms with Crippen LogP contribution in [0.2, 0.25) is 5.02 Å². The number of carbonyl (C=O) groups excluding carboxylic acids is 1. The lowest BCUT2D eigenvalue weighted by Gasteiger charge is -2.08. The fourth-order valence-electron chi connectivity index (χ4n) is 1.55. The van der Waals surface area contributed by atoms with Crippen LogP contribution in [0.4, 0.5) is 0 Å². The number of aromatic nitrogens is 2. The summed E-state index contributed by atoms with van der Waals surface area (Å²) < 4.78 is 0. The molecule has 19 heavy (non-hydrogen) atoms. The number of thioether (sulfide) groups is 1. The number of nitrogens with zero attached hydrogens (tertiary/aromatic N) is 1. The molecule has 2 aromatic rings. The molecule has 0 aliphatic rings. The van der Waals surface area contributed by atoms with Gasteiger partial charge in [-0.25, -0.2) is 4.98 Å². The summed E-state index contributed by atoms with van der Waals surface area (Å²) >= 11 is 7.29. The van der Waals surface area contributed by atoms with Crippen LogP contribution in [0, 0.1) is 0 Å². The molecular formula is C13H14ClN3OS. The Morgan fingerprint density at radius 2 is 2.47 bits per heavy atom. The molecule has 1 heterocycles. The van der Waals surface area contributed by atoms with Crippen molar-refractivity contribution in [2.45, 2.75) is 17.3 Å². The van der Waals surface area contributed by atoms with Crippen LogP contribution in [-0.2, 0) is 4.79 Å². The van der Waals surface area contributed by atoms with Gasteiger partial charge < -0.3 is 10.3 Å². The third-order valence-corrected chi connectivity index (χ3v) is 3.72. The third kappa shape index (κ3) is 3.52. The fraction of sp³-hybridized carbons (Fsp3) is 0.231. The van der Waals surface area contributed by atoms with E-state index < -0.39 is 0 Å². The van der Waals surface area contributed by atoms with Crippen molar-refractivity contribution in [1.82, 2.24) is 15.3 Å². The predicted molar refractivity (Wildman–Crippen MR) is 79.6 cm³/mol. The highest BCUT2D eigenvalue weighted by Crippen LogP contribution is 2.25. The second kappa shape index (κ2) is 6.12. The standard InChI is InChI=1S/C13H14ClN3OS/c1-3-6-15-12(18)8(2)19-13-16-10-5-4-9(14)7-11(10)17-13/h3-5,7-8H,1,6H2,2H3,(H,15,18)(H,16,17). The van der Waals surface area contributed by atoms with Crippen LogP contribution in [0.1, 0.15) is 6.92 Å². The number of halogens is 1. The summed E-state index contributed by atoms with van der Waals surface area (Å²) in [5.41, 5.74) is 1.71. The maximum absolute atomic E-state index is 11.7. The summed E-state index contributed by atoms with van der Waals surface area (Å²) in [5, 5.41) is 3.89. The Balaban J connectivity index is 2.08. The van der Waals surface area contributed by atoms with Gasteiger partial charge in [-0.2, -0.15) is 0 Å². The zero-order chi connectivity index (χ0) is 13.8. The van der Waals surface area contributed by atoms with Crippen molar-refractivity contribution in [3.8, 4) is 0 Å². The Bertz CT molecular complexity index is 611. The number of amides is 1. The monoisotopic (exact) mass is 295 g/mol. The van der Waals surface area contributed by atoms with Gasteiger partial charge in [-0.15, -0.1) is 6.58 Å². The van der Waals surface area contributed by atoms with Gasteiger partial charge in [0.15, 0.2) is 5.16 Å². The molecule has 1 amide bonds. The maximum Gasteiger partial charge on any atom is 0.233 e. The average molecular weight is 296 g/mol. The molecule has 1 unspecified atom stereocenters. The Labute approximate surface area is 120 Å². The van der Waals surface area contributed by atoms with Gasteiger partial charge in [0.05, 0.1) is 16.3 Å². The van der Waals surface area contributed by atoms with Gasteiger partial charge in [-0.3, -0.25) is 4.79 Å². The van der Waals surface area contributed by atoms with Crippen molar-refractivity contribution >= 4 is 40.3 Å². The lowest BCUT2D eigenvalue weighted by Crippen LogP contribution is -2.30. The largest absolute Gasteiger partial charge is 0.352 e. The number of hydrogen-bond acceptors (Lipinski definition) is 3. The number of benzene rings is 1. The number of nitrogens with one attached hydrogen (secondary N) is 2. The first-order valence-electron chi connectivity index (χ1n) is 5.80. The van der Waals surface area contributed by atoms with Crippen molar-refractivity contribution in [3.63, 3.8) is 0 Å². The molecule has 2 rings (SSSR count). The molecule has 0 spiro atoms. The van der Waals surface area contributed by atoms with Gasteiger partial charge in [0, 0.05) is 11.6 Å². The first-order valence-corrected chi connectivity index (χ1v) is 7.06. The van der Waals surface area contributed by atoms with Crippen molar-refractivity contribution < 1.29 is 4.79 Å². The van der Waals surface area contributed by atoms with Crippen molar-refractivity contribution in [1.29, 1.82) is 0 Å². The molecule has 1 aromatic heterocycles. The maximum atomic E-state index is 11.7. The molecule has 0 bridgehead atoms. The second-order valence-electron chi connectivity index (χ2n) is 4.00. The summed E-state index contributed by atoms with van der Waals surface area (Å²) in [5.74, 6) is -0.0385. The summed E-state index contributed by atoms with van der Waals surface area (Å²) in [4.78, 5) is 19.3. The summed E-state index contributed by atoms with van der Waals surface area (Å²) in [6, 6.07) is 5.45. The van der Waals surface area contributed by atoms with Gasteiger partial charge >= 0.3 is 0 Å². The molecule has 0 aliphatic carbocycles. The van der Waals surface area contributed by atoms with E-state index in [2.05, 4.69) is 21.9 Å². The van der Waals surface area contributed by atoms with Gasteiger partial charge in [0.25, 0.3) is 0 Å². The van der Waals surface area contributed by atoms with E-state index in [1.807, 2.05) is 19.1 Å². The molecule has 2 N–H and O–H groups in total. The zero-order valence-electron chi connectivity index (χ0n) is 10.4. The van der Waals surface area contributed by atoms with Crippen LogP contribution < -0.4 is 5.32 Å². The molecular weight excluding hydrogens is 282 g/mol. The van der Waals surface area contributed by atoms with E-state index in [-0.39, 0.29) is 11.2 Å². The third-order valence-electron chi connectivity index (χ3n) is 2.50. The molecule has 4 nitrogen and oxygen atoms in total. The van der Waals surface area contributed by atoms with E-state index in [0.29, 0.717) is 16.7 Å². The molecule has 1 aromatic carbocycles. The Kier molecular flexibility index (Phi) is 4.50. The van der Waals surface area contributed by atoms with E-state index >= 15 is 0 Å². The molecule has 1 atom stereocenters. The van der Waals surface area contributed by atoms with E-state index in [9.17, 15) is 4.79 Å². The smallest absolute Gasteiger partial charge is 0.233 e. The normalized spacial score (nSPS) is 12.3. The lowest BCUT2D eigenvalue weighted by molar-refractivity contribution is -0.120. The van der Waals surface area contributed by atoms with Crippen LogP contribution in [0.5, 0.6) is 0 Å². The first-order chi connectivity index (χ1) is 9.10. The van der Waals surface area contributed by atoms with Crippen LogP contribution in [0.25, 0.3) is 11.0 Å². The van der Waals surface area contributed by atoms with Gasteiger partial charge in [-0.05, 0) is 25.1 Å². The van der Waals surface area contributed by atoms with Crippen molar-refractivity contribution in [2.24, 2.45) is 0 Å². The predicted octanol–water partition coefficient (Wildman–Crippen LogP) is 3.00. The molecule has 0 aliphatic heterocycles. The van der Waals surface area contributed by atoms with Crippen molar-refractivity contribution in [2.75, 3.05) is 6.54 Å². The second-order valence-corrected chi connectivity index (χ2v) is 5.76. The number of rotatable bonds is 5. The zero-order valence-corrected chi connectivity index (χ0v) is 12.0. The number of fused-ring (bicyclic) bond motifs is 1. The average Bonchev–Trinajstić information content (AvgIpc) is 2.77. The quantitative estimate of drug-likeness (QED) is 0.658. The van der Waals surface area contributed by atoms with Gasteiger partial charge in [0.2, 0.25) is 5.91 Å². The molecule has 100 valence electrons. The topological polar surface area (TPSA) is 57.8 Å². The number of carbonyl (C=O) groups is 1. The van der Waals surface area contributed by atoms with Crippen LogP contribution >= 0.6 is 23.4 Å². The molecule has 6 heteroatoms. The number of aromatic amines is 1. The minimum absolute atomic E-state index is 0.0385. The van der Waals surface area contributed by atoms with Crippen molar-refractivity contribution in [3.05, 3.63) is 35.9 Å². The number of hydrogen-bond donors (Lipinski definition) is 2. The first kappa shape index (κ1) is 14.0. The minimum Gasteiger partial charge on any atom is -0.352 e. The van der Waals surface area contributed by atoms with Gasteiger partial charge in [0.1, 0.15) is 0 Å². The fourth-order valence-corrected chi connectivity index (χ4v) is 2.57. The number of H-pyrrole nitrogens is 1. The number of imidazole rings is 1. The molecule has 0 radical (unpaired) electrons. The highest BCUT2D eigenvalue weighted by molar-refractivity contribution is 8.00. The molecule has 0 fully saturated rings. The van der Waals surface area contributed by atoms with Crippen LogP contribution in [-0.4, -0.2) is 27.7 Å². The minimum atomic E-state index is -0.226. The SMILES string of the molecule is C=CCNC(=O)C(C)Sc1nc2ccc(Cl)cc2[nH]1. The Hall–Kier alpha value is -1.46. The summed E-state index contributed by atoms with van der Waals surface area (Å²) in [6.45, 7) is 5.87. The lowest BCUT2D eigenvalue weighted by atomic mass is 10.3.